The van der Waals surface area contributed by atoms with E-state index in [0.717, 1.165) is 18.5 Å². The maximum atomic E-state index is 12.4. The van der Waals surface area contributed by atoms with Crippen LogP contribution in [0.4, 0.5) is 0 Å². The van der Waals surface area contributed by atoms with E-state index in [1.165, 1.54) is 5.56 Å². The highest BCUT2D eigenvalue weighted by Gasteiger charge is 2.32. The number of rotatable bonds is 2. The lowest BCUT2D eigenvalue weighted by Gasteiger charge is -2.08. The zero-order chi connectivity index (χ0) is 11.8. The van der Waals surface area contributed by atoms with Crippen LogP contribution in [0.5, 0.6) is 0 Å². The molecule has 0 aromatic carbocycles. The van der Waals surface area contributed by atoms with Crippen molar-refractivity contribution >= 4 is 5.78 Å². The van der Waals surface area contributed by atoms with Crippen LogP contribution in [-0.4, -0.2) is 20.3 Å². The fraction of sp³-hybridized carbons (Fsp3) is 0.308. The third kappa shape index (κ3) is 1.56. The lowest BCUT2D eigenvalue weighted by Crippen LogP contribution is -2.15. The van der Waals surface area contributed by atoms with Gasteiger partial charge in [-0.2, -0.15) is 0 Å². The average molecular weight is 227 g/mol. The number of pyridine rings is 1. The summed E-state index contributed by atoms with van der Waals surface area (Å²) in [6, 6.07) is 3.97. The van der Waals surface area contributed by atoms with E-state index < -0.39 is 0 Å². The van der Waals surface area contributed by atoms with Gasteiger partial charge in [-0.25, -0.2) is 4.98 Å². The van der Waals surface area contributed by atoms with Crippen LogP contribution >= 0.6 is 0 Å². The molecule has 4 heteroatoms. The van der Waals surface area contributed by atoms with Gasteiger partial charge in [-0.1, -0.05) is 6.07 Å². The first-order chi connectivity index (χ1) is 8.27. The number of aromatic nitrogens is 3. The molecule has 0 aliphatic heterocycles. The lowest BCUT2D eigenvalue weighted by atomic mass is 10.0. The van der Waals surface area contributed by atoms with E-state index in [9.17, 15) is 4.79 Å². The second kappa shape index (κ2) is 3.80. The molecule has 2 aromatic heterocycles. The summed E-state index contributed by atoms with van der Waals surface area (Å²) in [4.78, 5) is 20.8. The van der Waals surface area contributed by atoms with E-state index in [2.05, 4.69) is 9.97 Å². The predicted molar refractivity (Wildman–Crippen MR) is 62.8 cm³/mol. The Bertz CT molecular complexity index is 574. The van der Waals surface area contributed by atoms with Crippen molar-refractivity contribution in [2.24, 2.45) is 7.05 Å². The van der Waals surface area contributed by atoms with Gasteiger partial charge >= 0.3 is 0 Å². The molecular weight excluding hydrogens is 214 g/mol. The molecule has 17 heavy (non-hydrogen) atoms. The van der Waals surface area contributed by atoms with Crippen molar-refractivity contribution in [3.8, 4) is 0 Å². The lowest BCUT2D eigenvalue weighted by molar-refractivity contribution is 0.0945. The van der Waals surface area contributed by atoms with Crippen molar-refractivity contribution in [1.29, 1.82) is 0 Å². The van der Waals surface area contributed by atoms with Crippen molar-refractivity contribution in [3.05, 3.63) is 47.8 Å². The number of carbonyl (C=O) groups excluding carboxylic acids is 1. The standard InChI is InChI=1S/C13H13N3O/c1-16-8-7-15-13(16)12(17)10-5-4-9-3-2-6-14-11(9)10/h2-3,6-8,10H,4-5H2,1H3. The Hall–Kier alpha value is -1.97. The first-order valence-corrected chi connectivity index (χ1v) is 5.72. The summed E-state index contributed by atoms with van der Waals surface area (Å²) in [6.07, 6.45) is 6.98. The van der Waals surface area contributed by atoms with Gasteiger partial charge in [0.15, 0.2) is 5.82 Å². The third-order valence-electron chi connectivity index (χ3n) is 3.32. The smallest absolute Gasteiger partial charge is 0.207 e. The minimum Gasteiger partial charge on any atom is -0.332 e. The molecular formula is C13H13N3O. The van der Waals surface area contributed by atoms with Gasteiger partial charge in [-0.15, -0.1) is 0 Å². The van der Waals surface area contributed by atoms with Gasteiger partial charge < -0.3 is 4.57 Å². The Morgan fingerprint density at radius 2 is 2.29 bits per heavy atom. The number of ketones is 1. The molecule has 0 amide bonds. The largest absolute Gasteiger partial charge is 0.332 e. The van der Waals surface area contributed by atoms with E-state index >= 15 is 0 Å². The summed E-state index contributed by atoms with van der Waals surface area (Å²) in [5.74, 6) is 0.482. The number of aryl methyl sites for hydroxylation is 2. The second-order valence-corrected chi connectivity index (χ2v) is 4.37. The summed E-state index contributed by atoms with van der Waals surface area (Å²) in [6.45, 7) is 0. The van der Waals surface area contributed by atoms with Crippen LogP contribution < -0.4 is 0 Å². The Morgan fingerprint density at radius 3 is 3.06 bits per heavy atom. The number of imidazole rings is 1. The number of nitrogens with zero attached hydrogens (tertiary/aromatic N) is 3. The van der Waals surface area contributed by atoms with Crippen molar-refractivity contribution in [2.75, 3.05) is 0 Å². The number of hydrogen-bond donors (Lipinski definition) is 0. The van der Waals surface area contributed by atoms with Crippen molar-refractivity contribution < 1.29 is 4.79 Å². The number of hydrogen-bond acceptors (Lipinski definition) is 3. The van der Waals surface area contributed by atoms with Gasteiger partial charge in [-0.3, -0.25) is 9.78 Å². The van der Waals surface area contributed by atoms with Crippen molar-refractivity contribution in [1.82, 2.24) is 14.5 Å². The molecule has 1 aliphatic rings. The molecule has 86 valence electrons. The normalized spacial score (nSPS) is 18.1. The van der Waals surface area contributed by atoms with Gasteiger partial charge in [-0.05, 0) is 24.5 Å². The predicted octanol–water partition coefficient (Wildman–Crippen LogP) is 1.73. The minimum absolute atomic E-state index is 0.0787. The molecule has 2 heterocycles. The molecule has 1 unspecified atom stereocenters. The zero-order valence-corrected chi connectivity index (χ0v) is 9.63. The van der Waals surface area contributed by atoms with E-state index in [4.69, 9.17) is 0 Å². The highest BCUT2D eigenvalue weighted by atomic mass is 16.1. The highest BCUT2D eigenvalue weighted by molar-refractivity contribution is 5.98. The first kappa shape index (κ1) is 10.2. The quantitative estimate of drug-likeness (QED) is 0.734. The molecule has 1 atom stereocenters. The van der Waals surface area contributed by atoms with Crippen LogP contribution in [0.15, 0.2) is 30.7 Å². The summed E-state index contributed by atoms with van der Waals surface area (Å²) in [5, 5.41) is 0. The maximum absolute atomic E-state index is 12.4. The topological polar surface area (TPSA) is 47.8 Å². The summed E-state index contributed by atoms with van der Waals surface area (Å²) >= 11 is 0. The molecule has 3 rings (SSSR count). The van der Waals surface area contributed by atoms with Gasteiger partial charge in [0.2, 0.25) is 5.78 Å². The molecule has 2 aromatic rings. The average Bonchev–Trinajstić information content (AvgIpc) is 2.94. The molecule has 0 saturated carbocycles. The zero-order valence-electron chi connectivity index (χ0n) is 9.63. The van der Waals surface area contributed by atoms with Crippen LogP contribution in [0.3, 0.4) is 0 Å². The summed E-state index contributed by atoms with van der Waals surface area (Å²) in [7, 11) is 1.84. The fourth-order valence-corrected chi connectivity index (χ4v) is 2.43. The van der Waals surface area contributed by atoms with Crippen LogP contribution in [-0.2, 0) is 13.5 Å². The van der Waals surface area contributed by atoms with E-state index in [-0.39, 0.29) is 11.7 Å². The Labute approximate surface area is 99.3 Å². The molecule has 0 spiro atoms. The molecule has 0 N–H and O–H groups in total. The van der Waals surface area contributed by atoms with Crippen LogP contribution in [0.1, 0.15) is 34.2 Å². The maximum Gasteiger partial charge on any atom is 0.207 e. The molecule has 1 aliphatic carbocycles. The van der Waals surface area contributed by atoms with Crippen molar-refractivity contribution in [2.45, 2.75) is 18.8 Å². The molecule has 0 radical (unpaired) electrons. The highest BCUT2D eigenvalue weighted by Crippen LogP contribution is 2.33. The van der Waals surface area contributed by atoms with E-state index in [1.54, 1.807) is 23.2 Å². The van der Waals surface area contributed by atoms with Crippen LogP contribution in [0, 0.1) is 0 Å². The number of carbonyl (C=O) groups is 1. The van der Waals surface area contributed by atoms with E-state index in [0.29, 0.717) is 5.82 Å². The summed E-state index contributed by atoms with van der Waals surface area (Å²) in [5.41, 5.74) is 2.13. The molecule has 0 saturated heterocycles. The molecule has 4 nitrogen and oxygen atoms in total. The third-order valence-corrected chi connectivity index (χ3v) is 3.32. The SMILES string of the molecule is Cn1ccnc1C(=O)C1CCc2cccnc21. The van der Waals surface area contributed by atoms with Gasteiger partial charge in [0.25, 0.3) is 0 Å². The summed E-state index contributed by atoms with van der Waals surface area (Å²) < 4.78 is 1.77. The van der Waals surface area contributed by atoms with E-state index in [1.807, 2.05) is 19.2 Å². The van der Waals surface area contributed by atoms with Gasteiger partial charge in [0.1, 0.15) is 0 Å². The van der Waals surface area contributed by atoms with Crippen LogP contribution in [0.2, 0.25) is 0 Å². The number of fused-ring (bicyclic) bond motifs is 1. The number of Topliss-reactive ketones (excluding diaryl/α,β-unsaturated/α-hetero) is 1. The molecule has 0 bridgehead atoms. The Balaban J connectivity index is 1.98. The second-order valence-electron chi connectivity index (χ2n) is 4.37. The minimum atomic E-state index is -0.118. The van der Waals surface area contributed by atoms with Gasteiger partial charge in [0, 0.05) is 25.6 Å². The van der Waals surface area contributed by atoms with Gasteiger partial charge in [0.05, 0.1) is 11.6 Å². The fourth-order valence-electron chi connectivity index (χ4n) is 2.43. The van der Waals surface area contributed by atoms with Crippen molar-refractivity contribution in [3.63, 3.8) is 0 Å². The monoisotopic (exact) mass is 227 g/mol. The first-order valence-electron chi connectivity index (χ1n) is 5.72. The Kier molecular flexibility index (Phi) is 2.28. The molecule has 0 fully saturated rings. The van der Waals surface area contributed by atoms with Crippen LogP contribution in [0.25, 0.3) is 0 Å². The Morgan fingerprint density at radius 1 is 1.41 bits per heavy atom.